The molecule has 13 heteroatoms. The fraction of sp³-hybridized carbons (Fsp3) is 0.167. The van der Waals surface area contributed by atoms with E-state index >= 15 is 0 Å². The normalized spacial score (nSPS) is 12.1. The van der Waals surface area contributed by atoms with Crippen molar-refractivity contribution in [2.24, 2.45) is 0 Å². The monoisotopic (exact) mass is 474 g/mol. The summed E-state index contributed by atoms with van der Waals surface area (Å²) in [4.78, 5) is 19.3. The predicted octanol–water partition coefficient (Wildman–Crippen LogP) is 2.91. The molecule has 0 bridgehead atoms. The smallest absolute Gasteiger partial charge is 0.416 e. The number of nitrogens with two attached hydrogens (primary N) is 1. The number of nitrogen functional groups attached to an aromatic ring is 1. The molecular weight excluding hydrogens is 461 g/mol. The molecule has 2 aromatic carbocycles. The van der Waals surface area contributed by atoms with Gasteiger partial charge in [-0.15, -0.1) is 0 Å². The molecule has 3 rings (SSSR count). The van der Waals surface area contributed by atoms with Gasteiger partial charge in [0.05, 0.1) is 16.1 Å². The number of aromatic nitrogens is 2. The first kappa shape index (κ1) is 22.7. The van der Waals surface area contributed by atoms with Crippen LogP contribution in [-0.2, 0) is 32.3 Å². The number of alkyl halides is 3. The SMILES string of the molecule is Nc1nc(COC(=O)CNS(=O)(=O)c2cc(C(F)(F)F)ccc2Cl)nc2ccccc12. The van der Waals surface area contributed by atoms with Gasteiger partial charge in [0, 0.05) is 5.39 Å². The fourth-order valence-electron chi connectivity index (χ4n) is 2.53. The molecule has 3 aromatic rings. The number of nitrogens with zero attached hydrogens (tertiary/aromatic N) is 2. The van der Waals surface area contributed by atoms with Crippen molar-refractivity contribution in [3.8, 4) is 0 Å². The van der Waals surface area contributed by atoms with E-state index in [1.165, 1.54) is 0 Å². The Hall–Kier alpha value is -2.96. The van der Waals surface area contributed by atoms with Crippen molar-refractivity contribution in [3.05, 3.63) is 58.9 Å². The highest BCUT2D eigenvalue weighted by Crippen LogP contribution is 2.33. The lowest BCUT2D eigenvalue weighted by atomic mass is 10.2. The molecule has 0 saturated heterocycles. The highest BCUT2D eigenvalue weighted by molar-refractivity contribution is 7.89. The van der Waals surface area contributed by atoms with Crippen LogP contribution in [-0.4, -0.2) is 30.9 Å². The van der Waals surface area contributed by atoms with Gasteiger partial charge in [0.15, 0.2) is 12.4 Å². The average Bonchev–Trinajstić information content (AvgIpc) is 2.70. The number of hydrogen-bond donors (Lipinski definition) is 2. The first-order valence-electron chi connectivity index (χ1n) is 8.50. The first-order chi connectivity index (χ1) is 14.5. The Labute approximate surface area is 179 Å². The van der Waals surface area contributed by atoms with Gasteiger partial charge in [0.25, 0.3) is 0 Å². The molecule has 0 amide bonds. The molecule has 0 aliphatic carbocycles. The number of benzene rings is 2. The number of rotatable bonds is 6. The molecule has 0 spiro atoms. The van der Waals surface area contributed by atoms with E-state index in [9.17, 15) is 26.4 Å². The van der Waals surface area contributed by atoms with Gasteiger partial charge in [-0.3, -0.25) is 4.79 Å². The van der Waals surface area contributed by atoms with Crippen LogP contribution >= 0.6 is 11.6 Å². The molecule has 0 atom stereocenters. The average molecular weight is 475 g/mol. The summed E-state index contributed by atoms with van der Waals surface area (Å²) in [5, 5.41) is 0.178. The number of sulfonamides is 1. The second kappa shape index (κ2) is 8.65. The Morgan fingerprint density at radius 3 is 2.58 bits per heavy atom. The lowest BCUT2D eigenvalue weighted by Crippen LogP contribution is -2.31. The quantitative estimate of drug-likeness (QED) is 0.526. The van der Waals surface area contributed by atoms with E-state index in [1.807, 2.05) is 4.72 Å². The van der Waals surface area contributed by atoms with E-state index in [2.05, 4.69) is 9.97 Å². The summed E-state index contributed by atoms with van der Waals surface area (Å²) in [6.07, 6.45) is -4.77. The minimum Gasteiger partial charge on any atom is -0.456 e. The summed E-state index contributed by atoms with van der Waals surface area (Å²) in [6.45, 7) is -1.24. The van der Waals surface area contributed by atoms with Crippen molar-refractivity contribution in [1.82, 2.24) is 14.7 Å². The zero-order valence-corrected chi connectivity index (χ0v) is 17.1. The second-order valence-electron chi connectivity index (χ2n) is 6.17. The van der Waals surface area contributed by atoms with E-state index in [-0.39, 0.29) is 18.2 Å². The molecule has 1 heterocycles. The largest absolute Gasteiger partial charge is 0.456 e. The minimum atomic E-state index is -4.77. The Balaban J connectivity index is 1.66. The topological polar surface area (TPSA) is 124 Å². The molecule has 0 unspecified atom stereocenters. The minimum absolute atomic E-state index is 0.0910. The number of hydrogen-bond acceptors (Lipinski definition) is 7. The van der Waals surface area contributed by atoms with Gasteiger partial charge in [-0.05, 0) is 30.3 Å². The lowest BCUT2D eigenvalue weighted by Gasteiger charge is -2.12. The number of ether oxygens (including phenoxy) is 1. The van der Waals surface area contributed by atoms with E-state index < -0.39 is 44.2 Å². The standard InChI is InChI=1S/C18H14ClF3N4O4S/c19-12-6-5-10(18(20,21)22)7-14(12)31(28,29)24-8-16(27)30-9-15-25-13-4-2-1-3-11(13)17(23)26-15/h1-7,24H,8-9H2,(H2,23,25,26). The van der Waals surface area contributed by atoms with Gasteiger partial charge >= 0.3 is 12.1 Å². The third-order valence-corrected chi connectivity index (χ3v) is 5.88. The number of para-hydroxylation sites is 1. The maximum Gasteiger partial charge on any atom is 0.416 e. The van der Waals surface area contributed by atoms with Gasteiger partial charge in [0.2, 0.25) is 10.0 Å². The van der Waals surface area contributed by atoms with Crippen LogP contribution in [0.5, 0.6) is 0 Å². The third kappa shape index (κ3) is 5.40. The van der Waals surface area contributed by atoms with E-state index in [0.29, 0.717) is 23.0 Å². The molecule has 0 aliphatic rings. The molecule has 3 N–H and O–H groups in total. The molecule has 164 valence electrons. The fourth-order valence-corrected chi connectivity index (χ4v) is 4.02. The highest BCUT2D eigenvalue weighted by atomic mass is 35.5. The van der Waals surface area contributed by atoms with Crippen LogP contribution in [0.3, 0.4) is 0 Å². The summed E-state index contributed by atoms with van der Waals surface area (Å²) in [5.74, 6) is -0.744. The van der Waals surface area contributed by atoms with Crippen molar-refractivity contribution in [1.29, 1.82) is 0 Å². The number of fused-ring (bicyclic) bond motifs is 1. The van der Waals surface area contributed by atoms with Crippen molar-refractivity contribution in [2.45, 2.75) is 17.7 Å². The molecule has 1 aromatic heterocycles. The Morgan fingerprint density at radius 2 is 1.87 bits per heavy atom. The molecule has 0 saturated carbocycles. The molecule has 8 nitrogen and oxygen atoms in total. The molecule has 0 aliphatic heterocycles. The summed E-state index contributed by atoms with van der Waals surface area (Å²) in [7, 11) is -4.52. The second-order valence-corrected chi connectivity index (χ2v) is 8.31. The van der Waals surface area contributed by atoms with Crippen LogP contribution in [0.2, 0.25) is 5.02 Å². The summed E-state index contributed by atoms with van der Waals surface area (Å²) >= 11 is 5.72. The Morgan fingerprint density at radius 1 is 1.16 bits per heavy atom. The molecule has 31 heavy (non-hydrogen) atoms. The lowest BCUT2D eigenvalue weighted by molar-refractivity contribution is -0.143. The van der Waals surface area contributed by atoms with E-state index in [0.717, 1.165) is 6.07 Å². The van der Waals surface area contributed by atoms with Crippen molar-refractivity contribution in [3.63, 3.8) is 0 Å². The van der Waals surface area contributed by atoms with Crippen LogP contribution in [0.15, 0.2) is 47.4 Å². The van der Waals surface area contributed by atoms with Crippen LogP contribution in [0.1, 0.15) is 11.4 Å². The number of carbonyl (C=O) groups excluding carboxylic acids is 1. The third-order valence-electron chi connectivity index (χ3n) is 4.00. The molecule has 0 fully saturated rings. The van der Waals surface area contributed by atoms with Crippen molar-refractivity contribution in [2.75, 3.05) is 12.3 Å². The van der Waals surface area contributed by atoms with Crippen LogP contribution in [0.4, 0.5) is 19.0 Å². The van der Waals surface area contributed by atoms with E-state index in [1.54, 1.807) is 24.3 Å². The maximum absolute atomic E-state index is 12.8. The summed E-state index contributed by atoms with van der Waals surface area (Å²) in [5.41, 5.74) is 5.15. The number of esters is 1. The summed E-state index contributed by atoms with van der Waals surface area (Å²) < 4.78 is 69.9. The van der Waals surface area contributed by atoms with Gasteiger partial charge in [-0.25, -0.2) is 18.4 Å². The summed E-state index contributed by atoms with van der Waals surface area (Å²) in [6, 6.07) is 8.72. The van der Waals surface area contributed by atoms with Gasteiger partial charge < -0.3 is 10.5 Å². The van der Waals surface area contributed by atoms with Crippen LogP contribution < -0.4 is 10.5 Å². The number of anilines is 1. The zero-order valence-electron chi connectivity index (χ0n) is 15.5. The van der Waals surface area contributed by atoms with Gasteiger partial charge in [0.1, 0.15) is 17.3 Å². The maximum atomic E-state index is 12.8. The highest BCUT2D eigenvalue weighted by Gasteiger charge is 2.32. The van der Waals surface area contributed by atoms with Crippen LogP contribution in [0, 0.1) is 0 Å². The van der Waals surface area contributed by atoms with E-state index in [4.69, 9.17) is 22.1 Å². The predicted molar refractivity (Wildman–Crippen MR) is 105 cm³/mol. The molecule has 0 radical (unpaired) electrons. The van der Waals surface area contributed by atoms with Crippen LogP contribution in [0.25, 0.3) is 10.9 Å². The first-order valence-corrected chi connectivity index (χ1v) is 10.4. The van der Waals surface area contributed by atoms with Crippen molar-refractivity contribution < 1.29 is 31.1 Å². The zero-order chi connectivity index (χ0) is 22.8. The van der Waals surface area contributed by atoms with Gasteiger partial charge in [-0.2, -0.15) is 17.9 Å². The Kier molecular flexibility index (Phi) is 6.34. The van der Waals surface area contributed by atoms with Crippen molar-refractivity contribution >= 4 is 44.3 Å². The number of halogens is 4. The Bertz CT molecular complexity index is 1250. The number of nitrogens with one attached hydrogen (secondary N) is 1. The molecular formula is C18H14ClF3N4O4S. The number of carbonyl (C=O) groups is 1. The van der Waals surface area contributed by atoms with Gasteiger partial charge in [-0.1, -0.05) is 23.7 Å².